The van der Waals surface area contributed by atoms with E-state index in [9.17, 15) is 4.79 Å². The van der Waals surface area contributed by atoms with Crippen LogP contribution in [0.2, 0.25) is 0 Å². The van der Waals surface area contributed by atoms with Gasteiger partial charge in [-0.05, 0) is 29.9 Å². The Kier molecular flexibility index (Phi) is 5.47. The van der Waals surface area contributed by atoms with Gasteiger partial charge in [-0.1, -0.05) is 67.6 Å². The van der Waals surface area contributed by atoms with Crippen LogP contribution in [0.15, 0.2) is 60.7 Å². The van der Waals surface area contributed by atoms with Crippen molar-refractivity contribution >= 4 is 5.78 Å². The summed E-state index contributed by atoms with van der Waals surface area (Å²) >= 11 is 0. The fraction of sp³-hybridized carbons (Fsp3) is 0.364. The van der Waals surface area contributed by atoms with Crippen LogP contribution in [0.5, 0.6) is 0 Å². The van der Waals surface area contributed by atoms with Crippen LogP contribution in [0, 0.1) is 18.8 Å². The largest absolute Gasteiger partial charge is 0.299 e. The highest BCUT2D eigenvalue weighted by atomic mass is 16.1. The summed E-state index contributed by atoms with van der Waals surface area (Å²) in [6.07, 6.45) is 2.01. The van der Waals surface area contributed by atoms with E-state index in [1.807, 2.05) is 0 Å². The van der Waals surface area contributed by atoms with E-state index in [0.29, 0.717) is 12.0 Å². The molecule has 3 atom stereocenters. The molecule has 1 saturated carbocycles. The van der Waals surface area contributed by atoms with Gasteiger partial charge in [0.25, 0.3) is 0 Å². The summed E-state index contributed by atoms with van der Waals surface area (Å²) in [6.45, 7) is 7.71. The van der Waals surface area contributed by atoms with Crippen LogP contribution >= 0.6 is 0 Å². The van der Waals surface area contributed by atoms with Gasteiger partial charge in [-0.3, -0.25) is 9.69 Å². The van der Waals surface area contributed by atoms with E-state index in [1.165, 1.54) is 11.1 Å². The lowest BCUT2D eigenvalue weighted by atomic mass is 9.95. The molecular formula is C22H26NO. The highest BCUT2D eigenvalue weighted by Crippen LogP contribution is 2.36. The number of hydrogen-bond acceptors (Lipinski definition) is 2. The van der Waals surface area contributed by atoms with Gasteiger partial charge < -0.3 is 0 Å². The number of hydrogen-bond donors (Lipinski definition) is 0. The van der Waals surface area contributed by atoms with Crippen LogP contribution in [0.4, 0.5) is 0 Å². The van der Waals surface area contributed by atoms with Crippen molar-refractivity contribution in [1.29, 1.82) is 0 Å². The lowest BCUT2D eigenvalue weighted by Gasteiger charge is -2.29. The minimum Gasteiger partial charge on any atom is -0.299 e. The van der Waals surface area contributed by atoms with E-state index in [2.05, 4.69) is 79.4 Å². The summed E-state index contributed by atoms with van der Waals surface area (Å²) in [6, 6.07) is 21.6. The third-order valence-electron chi connectivity index (χ3n) is 5.24. The Labute approximate surface area is 145 Å². The molecule has 2 aromatic rings. The van der Waals surface area contributed by atoms with E-state index in [0.717, 1.165) is 25.9 Å². The number of carbonyl (C=O) groups is 1. The van der Waals surface area contributed by atoms with Crippen molar-refractivity contribution in [3.05, 3.63) is 78.7 Å². The summed E-state index contributed by atoms with van der Waals surface area (Å²) in [5.41, 5.74) is 2.65. The number of carbonyl (C=O) groups excluding carboxylic acids is 1. The monoisotopic (exact) mass is 320 g/mol. The van der Waals surface area contributed by atoms with Gasteiger partial charge >= 0.3 is 0 Å². The molecule has 1 aliphatic carbocycles. The average Bonchev–Trinajstić information content (AvgIpc) is 2.98. The fourth-order valence-corrected chi connectivity index (χ4v) is 3.91. The Hall–Kier alpha value is -1.93. The number of Topliss-reactive ketones (excluding diaryl/α,β-unsaturated/α-hetero) is 1. The first kappa shape index (κ1) is 16.9. The Morgan fingerprint density at radius 3 is 1.88 bits per heavy atom. The van der Waals surface area contributed by atoms with Crippen LogP contribution in [-0.2, 0) is 17.9 Å². The molecule has 0 N–H and O–H groups in total. The predicted molar refractivity (Wildman–Crippen MR) is 98.2 cm³/mol. The van der Waals surface area contributed by atoms with Gasteiger partial charge in [0.15, 0.2) is 0 Å². The molecule has 0 aromatic heterocycles. The average molecular weight is 320 g/mol. The first-order valence-corrected chi connectivity index (χ1v) is 8.81. The molecule has 1 radical (unpaired) electrons. The molecule has 24 heavy (non-hydrogen) atoms. The molecule has 0 amide bonds. The van der Waals surface area contributed by atoms with Crippen LogP contribution in [-0.4, -0.2) is 16.7 Å². The topological polar surface area (TPSA) is 20.3 Å². The van der Waals surface area contributed by atoms with E-state index < -0.39 is 0 Å². The second-order valence-corrected chi connectivity index (χ2v) is 7.05. The molecule has 0 spiro atoms. The molecule has 1 aliphatic rings. The molecule has 125 valence electrons. The molecule has 0 saturated heterocycles. The van der Waals surface area contributed by atoms with Crippen LogP contribution < -0.4 is 0 Å². The minimum absolute atomic E-state index is 0.101. The standard InChI is InChI=1S/C22H26NO/c1-17-13-21(14-22(17)18(2)24)23(15-19-9-5-3-6-10-19)16-20-11-7-4-8-12-20/h3-12,17,21-22H,2,13-16H2,1H3. The van der Waals surface area contributed by atoms with Crippen LogP contribution in [0.25, 0.3) is 0 Å². The molecule has 2 heteroatoms. The molecular weight excluding hydrogens is 294 g/mol. The van der Waals surface area contributed by atoms with Gasteiger partial charge in [0, 0.05) is 32.0 Å². The maximum atomic E-state index is 11.8. The normalized spacial score (nSPS) is 23.5. The summed E-state index contributed by atoms with van der Waals surface area (Å²) in [5, 5.41) is 0. The third kappa shape index (κ3) is 4.12. The zero-order valence-corrected chi connectivity index (χ0v) is 14.4. The maximum Gasteiger partial charge on any atom is 0.136 e. The van der Waals surface area contributed by atoms with Crippen molar-refractivity contribution in [3.63, 3.8) is 0 Å². The molecule has 0 aliphatic heterocycles. The predicted octanol–water partition coefficient (Wildman–Crippen LogP) is 4.51. The second-order valence-electron chi connectivity index (χ2n) is 7.05. The lowest BCUT2D eigenvalue weighted by molar-refractivity contribution is -0.119. The van der Waals surface area contributed by atoms with Crippen LogP contribution in [0.3, 0.4) is 0 Å². The van der Waals surface area contributed by atoms with Crippen molar-refractivity contribution in [2.75, 3.05) is 0 Å². The zero-order valence-electron chi connectivity index (χ0n) is 14.4. The summed E-state index contributed by atoms with van der Waals surface area (Å²) in [4.78, 5) is 14.3. The first-order chi connectivity index (χ1) is 11.6. The van der Waals surface area contributed by atoms with Crippen molar-refractivity contribution in [1.82, 2.24) is 4.90 Å². The van der Waals surface area contributed by atoms with Gasteiger partial charge in [0.2, 0.25) is 0 Å². The Bertz CT molecular complexity index is 611. The van der Waals surface area contributed by atoms with Gasteiger partial charge in [0.1, 0.15) is 5.78 Å². The summed E-state index contributed by atoms with van der Waals surface area (Å²) < 4.78 is 0. The van der Waals surface area contributed by atoms with E-state index >= 15 is 0 Å². The van der Waals surface area contributed by atoms with Crippen molar-refractivity contribution in [2.24, 2.45) is 11.8 Å². The highest BCUT2D eigenvalue weighted by Gasteiger charge is 2.36. The SMILES string of the molecule is [CH2]C(=O)C1CC(N(Cc2ccccc2)Cc2ccccc2)CC1C. The Morgan fingerprint density at radius 1 is 0.958 bits per heavy atom. The Balaban J connectivity index is 1.78. The molecule has 0 bridgehead atoms. The van der Waals surface area contributed by atoms with Crippen molar-refractivity contribution < 1.29 is 4.79 Å². The summed E-state index contributed by atoms with van der Waals surface area (Å²) in [5.74, 6) is 0.641. The molecule has 0 heterocycles. The van der Waals surface area contributed by atoms with E-state index in [-0.39, 0.29) is 11.7 Å². The molecule has 2 aromatic carbocycles. The smallest absolute Gasteiger partial charge is 0.136 e. The molecule has 2 nitrogen and oxygen atoms in total. The van der Waals surface area contributed by atoms with Gasteiger partial charge in [-0.15, -0.1) is 0 Å². The number of benzene rings is 2. The zero-order chi connectivity index (χ0) is 16.9. The fourth-order valence-electron chi connectivity index (χ4n) is 3.91. The van der Waals surface area contributed by atoms with Gasteiger partial charge in [-0.25, -0.2) is 0 Å². The maximum absolute atomic E-state index is 11.8. The van der Waals surface area contributed by atoms with E-state index in [4.69, 9.17) is 0 Å². The second kappa shape index (κ2) is 7.76. The number of nitrogens with zero attached hydrogens (tertiary/aromatic N) is 1. The van der Waals surface area contributed by atoms with Gasteiger partial charge in [-0.2, -0.15) is 0 Å². The summed E-state index contributed by atoms with van der Waals surface area (Å²) in [7, 11) is 0. The molecule has 1 fully saturated rings. The van der Waals surface area contributed by atoms with Crippen molar-refractivity contribution in [3.8, 4) is 0 Å². The van der Waals surface area contributed by atoms with Crippen LogP contribution in [0.1, 0.15) is 30.9 Å². The van der Waals surface area contributed by atoms with E-state index in [1.54, 1.807) is 0 Å². The Morgan fingerprint density at radius 2 is 1.46 bits per heavy atom. The first-order valence-electron chi connectivity index (χ1n) is 8.81. The minimum atomic E-state index is 0.101. The van der Waals surface area contributed by atoms with Crippen molar-refractivity contribution in [2.45, 2.75) is 38.9 Å². The molecule has 3 unspecified atom stereocenters. The number of rotatable bonds is 6. The number of ketones is 1. The lowest BCUT2D eigenvalue weighted by Crippen LogP contribution is -2.33. The quantitative estimate of drug-likeness (QED) is 0.780. The van der Waals surface area contributed by atoms with Gasteiger partial charge in [0.05, 0.1) is 0 Å². The highest BCUT2D eigenvalue weighted by molar-refractivity contribution is 5.85. The molecule has 3 rings (SSSR count). The third-order valence-corrected chi connectivity index (χ3v) is 5.24.